The first-order valence-corrected chi connectivity index (χ1v) is 5.54. The van der Waals surface area contributed by atoms with Crippen molar-refractivity contribution in [1.82, 2.24) is 10.2 Å². The number of rotatable bonds is 3. The number of carbonyl (C=O) groups excluding carboxylic acids is 2. The predicted molar refractivity (Wildman–Crippen MR) is 55.1 cm³/mol. The molecule has 1 heterocycles. The Morgan fingerprint density at radius 3 is 2.60 bits per heavy atom. The Labute approximate surface area is 89.0 Å². The summed E-state index contributed by atoms with van der Waals surface area (Å²) < 4.78 is 0. The van der Waals surface area contributed by atoms with E-state index < -0.39 is 5.54 Å². The van der Waals surface area contributed by atoms with E-state index in [0.717, 1.165) is 32.1 Å². The van der Waals surface area contributed by atoms with Crippen molar-refractivity contribution < 1.29 is 9.59 Å². The Bertz CT molecular complexity index is 284. The highest BCUT2D eigenvalue weighted by Gasteiger charge is 2.53. The maximum absolute atomic E-state index is 11.8. The molecule has 2 rings (SSSR count). The molecule has 0 aromatic heterocycles. The molecule has 15 heavy (non-hydrogen) atoms. The third kappa shape index (κ3) is 1.51. The van der Waals surface area contributed by atoms with Crippen LogP contribution in [0.15, 0.2) is 0 Å². The van der Waals surface area contributed by atoms with Crippen LogP contribution in [-0.2, 0) is 4.79 Å². The van der Waals surface area contributed by atoms with Gasteiger partial charge in [0.25, 0.3) is 5.91 Å². The average molecular weight is 211 g/mol. The Balaban J connectivity index is 2.17. The molecule has 3 amide bonds. The van der Waals surface area contributed by atoms with Crippen LogP contribution in [-0.4, -0.2) is 35.5 Å². The van der Waals surface area contributed by atoms with Crippen LogP contribution >= 0.6 is 0 Å². The molecule has 2 fully saturated rings. The Kier molecular flexibility index (Phi) is 2.65. The van der Waals surface area contributed by atoms with Gasteiger partial charge in [0.1, 0.15) is 5.54 Å². The summed E-state index contributed by atoms with van der Waals surface area (Å²) >= 11 is 0. The van der Waals surface area contributed by atoms with Crippen molar-refractivity contribution in [2.75, 3.05) is 13.1 Å². The third-order valence-electron chi connectivity index (χ3n) is 3.42. The number of hydrogen-bond acceptors (Lipinski definition) is 3. The topological polar surface area (TPSA) is 75.4 Å². The van der Waals surface area contributed by atoms with Gasteiger partial charge in [-0.25, -0.2) is 4.79 Å². The zero-order chi connectivity index (χ0) is 10.9. The van der Waals surface area contributed by atoms with Crippen LogP contribution in [0, 0.1) is 0 Å². The van der Waals surface area contributed by atoms with E-state index in [9.17, 15) is 9.59 Å². The van der Waals surface area contributed by atoms with Gasteiger partial charge in [-0.1, -0.05) is 12.8 Å². The highest BCUT2D eigenvalue weighted by molar-refractivity contribution is 6.07. The van der Waals surface area contributed by atoms with E-state index in [2.05, 4.69) is 5.32 Å². The number of nitrogens with one attached hydrogen (secondary N) is 1. The second kappa shape index (κ2) is 3.81. The molecule has 0 bridgehead atoms. The molecular weight excluding hydrogens is 194 g/mol. The standard InChI is InChI=1S/C10H17N3O2/c11-6-3-7-13-9(15)12-8(14)10(13)4-1-2-5-10/h1-7,11H2,(H,12,14,15). The van der Waals surface area contributed by atoms with E-state index in [4.69, 9.17) is 5.73 Å². The number of hydrogen-bond donors (Lipinski definition) is 2. The van der Waals surface area contributed by atoms with Gasteiger partial charge in [0, 0.05) is 6.54 Å². The summed E-state index contributed by atoms with van der Waals surface area (Å²) in [5, 5.41) is 2.42. The number of nitrogens with zero attached hydrogens (tertiary/aromatic N) is 1. The van der Waals surface area contributed by atoms with Crippen LogP contribution < -0.4 is 11.1 Å². The van der Waals surface area contributed by atoms with E-state index in [1.165, 1.54) is 0 Å². The van der Waals surface area contributed by atoms with Gasteiger partial charge < -0.3 is 10.6 Å². The van der Waals surface area contributed by atoms with Crippen LogP contribution in [0.5, 0.6) is 0 Å². The molecule has 0 radical (unpaired) electrons. The Morgan fingerprint density at radius 2 is 2.00 bits per heavy atom. The Hall–Kier alpha value is -1.10. The van der Waals surface area contributed by atoms with Gasteiger partial charge in [-0.05, 0) is 25.8 Å². The molecule has 3 N–H and O–H groups in total. The molecule has 0 atom stereocenters. The predicted octanol–water partition coefficient (Wildman–Crippen LogP) is 0.200. The van der Waals surface area contributed by atoms with Crippen molar-refractivity contribution in [3.8, 4) is 0 Å². The molecule has 1 saturated carbocycles. The first-order valence-electron chi connectivity index (χ1n) is 5.54. The summed E-state index contributed by atoms with van der Waals surface area (Å²) in [5.41, 5.74) is 4.90. The monoisotopic (exact) mass is 211 g/mol. The van der Waals surface area contributed by atoms with Crippen molar-refractivity contribution in [2.45, 2.75) is 37.6 Å². The lowest BCUT2D eigenvalue weighted by atomic mass is 9.96. The second-order valence-electron chi connectivity index (χ2n) is 4.29. The molecule has 5 heteroatoms. The van der Waals surface area contributed by atoms with Crippen molar-refractivity contribution in [3.63, 3.8) is 0 Å². The molecule has 84 valence electrons. The number of nitrogens with two attached hydrogens (primary N) is 1. The molecule has 1 aliphatic carbocycles. The minimum atomic E-state index is -0.535. The quantitative estimate of drug-likeness (QED) is 0.655. The van der Waals surface area contributed by atoms with Gasteiger partial charge in [-0.2, -0.15) is 0 Å². The van der Waals surface area contributed by atoms with Gasteiger partial charge in [0.2, 0.25) is 0 Å². The van der Waals surface area contributed by atoms with E-state index in [1.807, 2.05) is 0 Å². The van der Waals surface area contributed by atoms with Crippen molar-refractivity contribution in [1.29, 1.82) is 0 Å². The Morgan fingerprint density at radius 1 is 1.33 bits per heavy atom. The molecule has 1 spiro atoms. The average Bonchev–Trinajstić information content (AvgIpc) is 2.75. The fourth-order valence-corrected chi connectivity index (χ4v) is 2.62. The van der Waals surface area contributed by atoms with Gasteiger partial charge in [0.15, 0.2) is 0 Å². The fraction of sp³-hybridized carbons (Fsp3) is 0.800. The summed E-state index contributed by atoms with van der Waals surface area (Å²) in [6.45, 7) is 1.14. The molecule has 5 nitrogen and oxygen atoms in total. The normalized spacial score (nSPS) is 23.9. The lowest BCUT2D eigenvalue weighted by Gasteiger charge is -2.31. The van der Waals surface area contributed by atoms with Crippen LogP contribution in [0.3, 0.4) is 0 Å². The smallest absolute Gasteiger partial charge is 0.325 e. The SMILES string of the molecule is NCCCN1C(=O)NC(=O)C12CCCC2. The van der Waals surface area contributed by atoms with Crippen LogP contribution in [0.25, 0.3) is 0 Å². The molecular formula is C10H17N3O2. The van der Waals surface area contributed by atoms with Gasteiger partial charge in [-0.3, -0.25) is 10.1 Å². The van der Waals surface area contributed by atoms with Gasteiger partial charge in [-0.15, -0.1) is 0 Å². The molecule has 0 aromatic rings. The number of urea groups is 1. The van der Waals surface area contributed by atoms with E-state index in [-0.39, 0.29) is 11.9 Å². The summed E-state index contributed by atoms with van der Waals surface area (Å²) in [6.07, 6.45) is 4.41. The minimum Gasteiger partial charge on any atom is -0.330 e. The van der Waals surface area contributed by atoms with Crippen LogP contribution in [0.4, 0.5) is 4.79 Å². The van der Waals surface area contributed by atoms with Crippen molar-refractivity contribution in [2.24, 2.45) is 5.73 Å². The van der Waals surface area contributed by atoms with Crippen molar-refractivity contribution in [3.05, 3.63) is 0 Å². The number of amides is 3. The van der Waals surface area contributed by atoms with E-state index >= 15 is 0 Å². The zero-order valence-electron chi connectivity index (χ0n) is 8.79. The minimum absolute atomic E-state index is 0.109. The maximum atomic E-state index is 11.8. The summed E-state index contributed by atoms with van der Waals surface area (Å²) in [5.74, 6) is -0.109. The highest BCUT2D eigenvalue weighted by Crippen LogP contribution is 2.38. The van der Waals surface area contributed by atoms with E-state index in [1.54, 1.807) is 4.90 Å². The number of imide groups is 1. The molecule has 1 aliphatic heterocycles. The first-order chi connectivity index (χ1) is 7.20. The lowest BCUT2D eigenvalue weighted by molar-refractivity contribution is -0.126. The highest BCUT2D eigenvalue weighted by atomic mass is 16.2. The fourth-order valence-electron chi connectivity index (χ4n) is 2.62. The molecule has 2 aliphatic rings. The van der Waals surface area contributed by atoms with Crippen molar-refractivity contribution >= 4 is 11.9 Å². The maximum Gasteiger partial charge on any atom is 0.325 e. The van der Waals surface area contributed by atoms with Gasteiger partial charge >= 0.3 is 6.03 Å². The summed E-state index contributed by atoms with van der Waals surface area (Å²) in [6, 6.07) is -0.240. The molecule has 1 saturated heterocycles. The zero-order valence-corrected chi connectivity index (χ0v) is 8.79. The van der Waals surface area contributed by atoms with Gasteiger partial charge in [0.05, 0.1) is 0 Å². The molecule has 0 aromatic carbocycles. The third-order valence-corrected chi connectivity index (χ3v) is 3.42. The number of carbonyl (C=O) groups is 2. The van der Waals surface area contributed by atoms with Crippen LogP contribution in [0.1, 0.15) is 32.1 Å². The summed E-state index contributed by atoms with van der Waals surface area (Å²) in [4.78, 5) is 25.1. The molecule has 0 unspecified atom stereocenters. The summed E-state index contributed by atoms with van der Waals surface area (Å²) in [7, 11) is 0. The largest absolute Gasteiger partial charge is 0.330 e. The lowest BCUT2D eigenvalue weighted by Crippen LogP contribution is -2.48. The van der Waals surface area contributed by atoms with Crippen LogP contribution in [0.2, 0.25) is 0 Å². The first kappa shape index (κ1) is 10.4. The van der Waals surface area contributed by atoms with E-state index in [0.29, 0.717) is 13.1 Å². The second-order valence-corrected chi connectivity index (χ2v) is 4.29.